The minimum absolute atomic E-state index is 0.0473. The van der Waals surface area contributed by atoms with E-state index < -0.39 is 0 Å². The fourth-order valence-corrected chi connectivity index (χ4v) is 4.00. The highest BCUT2D eigenvalue weighted by Gasteiger charge is 2.25. The Morgan fingerprint density at radius 2 is 1.66 bits per heavy atom. The van der Waals surface area contributed by atoms with E-state index in [1.54, 1.807) is 35.9 Å². The van der Waals surface area contributed by atoms with Gasteiger partial charge < -0.3 is 24.0 Å². The van der Waals surface area contributed by atoms with Crippen LogP contribution in [0.25, 0.3) is 16.9 Å². The molecule has 4 aromatic rings. The highest BCUT2D eigenvalue weighted by atomic mass is 16.5. The van der Waals surface area contributed by atoms with E-state index in [2.05, 4.69) is 25.2 Å². The lowest BCUT2D eigenvalue weighted by molar-refractivity contribution is -0.133. The number of aromatic nitrogens is 5. The minimum Gasteiger partial charge on any atom is -0.497 e. The molecule has 0 spiro atoms. The lowest BCUT2D eigenvalue weighted by Gasteiger charge is -2.35. The van der Waals surface area contributed by atoms with Gasteiger partial charge in [-0.1, -0.05) is 17.3 Å². The highest BCUT2D eigenvalue weighted by molar-refractivity contribution is 5.84. The topological polar surface area (TPSA) is 108 Å². The van der Waals surface area contributed by atoms with Crippen LogP contribution in [0, 0.1) is 0 Å². The Hall–Kier alpha value is -4.41. The fourth-order valence-electron chi connectivity index (χ4n) is 4.00. The number of hydrogen-bond donors (Lipinski definition) is 0. The number of carbonyl (C=O) groups is 1. The Morgan fingerprint density at radius 3 is 2.37 bits per heavy atom. The van der Waals surface area contributed by atoms with E-state index in [1.807, 2.05) is 36.4 Å². The zero-order valence-electron chi connectivity index (χ0n) is 19.5. The Morgan fingerprint density at radius 1 is 0.914 bits per heavy atom. The van der Waals surface area contributed by atoms with Gasteiger partial charge in [-0.25, -0.2) is 9.97 Å². The van der Waals surface area contributed by atoms with E-state index in [-0.39, 0.29) is 12.5 Å². The van der Waals surface area contributed by atoms with Crippen molar-refractivity contribution in [2.24, 2.45) is 0 Å². The Labute approximate surface area is 201 Å². The van der Waals surface area contributed by atoms with Gasteiger partial charge >= 0.3 is 0 Å². The molecular weight excluding hydrogens is 450 g/mol. The van der Waals surface area contributed by atoms with E-state index in [9.17, 15) is 4.79 Å². The molecule has 0 unspecified atom stereocenters. The summed E-state index contributed by atoms with van der Waals surface area (Å²) in [6.07, 6.45) is 1.51. The summed E-state index contributed by atoms with van der Waals surface area (Å²) in [6, 6.07) is 14.8. The van der Waals surface area contributed by atoms with Crippen molar-refractivity contribution >= 4 is 22.9 Å². The number of rotatable bonds is 7. The maximum Gasteiger partial charge on any atom is 0.260 e. The first kappa shape index (κ1) is 22.4. The molecule has 0 aliphatic carbocycles. The van der Waals surface area contributed by atoms with Crippen molar-refractivity contribution < 1.29 is 19.0 Å². The quantitative estimate of drug-likeness (QED) is 0.396. The molecule has 1 saturated heterocycles. The van der Waals surface area contributed by atoms with E-state index in [0.717, 1.165) is 11.4 Å². The van der Waals surface area contributed by atoms with Crippen molar-refractivity contribution in [1.82, 2.24) is 29.9 Å². The molecule has 1 amide bonds. The van der Waals surface area contributed by atoms with Crippen LogP contribution < -0.4 is 19.1 Å². The number of para-hydroxylation sites is 2. The van der Waals surface area contributed by atoms with Crippen LogP contribution >= 0.6 is 0 Å². The summed E-state index contributed by atoms with van der Waals surface area (Å²) in [5.74, 6) is 2.53. The number of ether oxygens (including phenoxy) is 3. The predicted molar refractivity (Wildman–Crippen MR) is 128 cm³/mol. The van der Waals surface area contributed by atoms with Gasteiger partial charge in [0.15, 0.2) is 35.1 Å². The van der Waals surface area contributed by atoms with Crippen molar-refractivity contribution in [3.63, 3.8) is 0 Å². The summed E-state index contributed by atoms with van der Waals surface area (Å²) in [7, 11) is 3.20. The van der Waals surface area contributed by atoms with E-state index in [4.69, 9.17) is 14.2 Å². The highest BCUT2D eigenvalue weighted by Crippen LogP contribution is 2.26. The van der Waals surface area contributed by atoms with Crippen molar-refractivity contribution in [3.05, 3.63) is 54.9 Å². The van der Waals surface area contributed by atoms with Crippen molar-refractivity contribution in [1.29, 1.82) is 0 Å². The number of fused-ring (bicyclic) bond motifs is 1. The van der Waals surface area contributed by atoms with Crippen LogP contribution in [0.5, 0.6) is 17.2 Å². The fraction of sp³-hybridized carbons (Fsp3) is 0.292. The zero-order valence-corrected chi connectivity index (χ0v) is 19.5. The van der Waals surface area contributed by atoms with Gasteiger partial charge in [0.2, 0.25) is 0 Å². The number of nitrogens with zero attached hydrogens (tertiary/aromatic N) is 7. The first-order valence-corrected chi connectivity index (χ1v) is 11.2. The summed E-state index contributed by atoms with van der Waals surface area (Å²) in [4.78, 5) is 25.5. The lowest BCUT2D eigenvalue weighted by atomic mass is 10.3. The molecule has 0 N–H and O–H groups in total. The van der Waals surface area contributed by atoms with Crippen LogP contribution in [0.2, 0.25) is 0 Å². The molecule has 11 heteroatoms. The average Bonchev–Trinajstić information content (AvgIpc) is 3.36. The molecule has 5 rings (SSSR count). The monoisotopic (exact) mass is 475 g/mol. The summed E-state index contributed by atoms with van der Waals surface area (Å²) < 4.78 is 17.9. The lowest BCUT2D eigenvalue weighted by Crippen LogP contribution is -2.50. The number of piperazine rings is 1. The molecule has 1 fully saturated rings. The Bertz CT molecular complexity index is 1320. The third kappa shape index (κ3) is 4.52. The van der Waals surface area contributed by atoms with Gasteiger partial charge in [-0.05, 0) is 36.4 Å². The molecular formula is C24H25N7O4. The second kappa shape index (κ2) is 9.84. The van der Waals surface area contributed by atoms with E-state index in [0.29, 0.717) is 54.7 Å². The Balaban J connectivity index is 1.25. The number of methoxy groups -OCH3 is 2. The van der Waals surface area contributed by atoms with Crippen molar-refractivity contribution in [3.8, 4) is 22.9 Å². The molecule has 0 radical (unpaired) electrons. The molecule has 0 atom stereocenters. The molecule has 2 aromatic heterocycles. The predicted octanol–water partition coefficient (Wildman–Crippen LogP) is 1.96. The standard InChI is InChI=1S/C24H25N7O4/c1-33-18-9-7-17(8-10-18)31-24-22(27-28-31)23(25-16-26-24)30-13-11-29(12-14-30)21(32)15-35-20-6-4-3-5-19(20)34-2/h3-10,16H,11-15H2,1-2H3. The maximum absolute atomic E-state index is 12.7. The van der Waals surface area contributed by atoms with Crippen LogP contribution in [0.3, 0.4) is 0 Å². The molecule has 2 aromatic carbocycles. The SMILES string of the molecule is COc1ccc(-n2nnc3c(N4CCN(C(=O)COc5ccccc5OC)CC4)ncnc32)cc1. The molecule has 0 bridgehead atoms. The minimum atomic E-state index is -0.0751. The van der Waals surface area contributed by atoms with Crippen LogP contribution in [-0.4, -0.2) is 82.8 Å². The molecule has 1 aliphatic rings. The third-order valence-corrected chi connectivity index (χ3v) is 5.89. The van der Waals surface area contributed by atoms with Crippen LogP contribution in [0.4, 0.5) is 5.82 Å². The summed E-state index contributed by atoms with van der Waals surface area (Å²) in [6.45, 7) is 2.27. The normalized spacial score (nSPS) is 13.7. The second-order valence-electron chi connectivity index (χ2n) is 7.88. The first-order valence-electron chi connectivity index (χ1n) is 11.2. The molecule has 11 nitrogen and oxygen atoms in total. The van der Waals surface area contributed by atoms with Gasteiger partial charge in [0.25, 0.3) is 5.91 Å². The van der Waals surface area contributed by atoms with E-state index >= 15 is 0 Å². The Kier molecular flexibility index (Phi) is 6.29. The summed E-state index contributed by atoms with van der Waals surface area (Å²) >= 11 is 0. The van der Waals surface area contributed by atoms with Crippen LogP contribution in [0.15, 0.2) is 54.9 Å². The molecule has 3 heterocycles. The second-order valence-corrected chi connectivity index (χ2v) is 7.88. The van der Waals surface area contributed by atoms with Gasteiger partial charge in [0.05, 0.1) is 19.9 Å². The molecule has 180 valence electrons. The van der Waals surface area contributed by atoms with Crippen LogP contribution in [0.1, 0.15) is 0 Å². The molecule has 0 saturated carbocycles. The largest absolute Gasteiger partial charge is 0.497 e. The van der Waals surface area contributed by atoms with Gasteiger partial charge in [-0.15, -0.1) is 5.10 Å². The third-order valence-electron chi connectivity index (χ3n) is 5.89. The molecule has 1 aliphatic heterocycles. The average molecular weight is 476 g/mol. The van der Waals surface area contributed by atoms with Gasteiger partial charge in [-0.2, -0.15) is 4.68 Å². The van der Waals surface area contributed by atoms with Gasteiger partial charge in [0.1, 0.15) is 12.1 Å². The number of hydrogen-bond acceptors (Lipinski definition) is 9. The molecule has 35 heavy (non-hydrogen) atoms. The zero-order chi connectivity index (χ0) is 24.2. The van der Waals surface area contributed by atoms with Crippen LogP contribution in [-0.2, 0) is 4.79 Å². The number of amides is 1. The first-order chi connectivity index (χ1) is 17.2. The summed E-state index contributed by atoms with van der Waals surface area (Å²) in [5, 5.41) is 8.64. The number of carbonyl (C=O) groups excluding carboxylic acids is 1. The maximum atomic E-state index is 12.7. The number of benzene rings is 2. The smallest absolute Gasteiger partial charge is 0.260 e. The summed E-state index contributed by atoms with van der Waals surface area (Å²) in [5.41, 5.74) is 2.05. The van der Waals surface area contributed by atoms with Crippen molar-refractivity contribution in [2.75, 3.05) is 51.9 Å². The van der Waals surface area contributed by atoms with Gasteiger partial charge in [0, 0.05) is 26.2 Å². The van der Waals surface area contributed by atoms with E-state index in [1.165, 1.54) is 6.33 Å². The number of anilines is 1. The van der Waals surface area contributed by atoms with Gasteiger partial charge in [-0.3, -0.25) is 4.79 Å². The van der Waals surface area contributed by atoms with Crippen molar-refractivity contribution in [2.45, 2.75) is 0 Å².